The molecule has 2 aromatic rings. The molecule has 0 amide bonds. The van der Waals surface area contributed by atoms with Crippen LogP contribution >= 0.6 is 0 Å². The predicted molar refractivity (Wildman–Crippen MR) is 58.1 cm³/mol. The molecule has 3 rings (SSSR count). The van der Waals surface area contributed by atoms with E-state index < -0.39 is 5.97 Å². The smallest absolute Gasteiger partial charge is 0.374 e. The molecule has 1 N–H and O–H groups in total. The summed E-state index contributed by atoms with van der Waals surface area (Å²) in [6, 6.07) is 3.57. The second-order valence-corrected chi connectivity index (χ2v) is 4.00. The Balaban J connectivity index is 2.11. The zero-order chi connectivity index (χ0) is 11.8. The topological polar surface area (TPSA) is 80.9 Å². The van der Waals surface area contributed by atoms with Gasteiger partial charge in [-0.15, -0.1) is 0 Å². The van der Waals surface area contributed by atoms with E-state index in [2.05, 4.69) is 15.1 Å². The molecule has 0 atom stereocenters. The van der Waals surface area contributed by atoms with Gasteiger partial charge in [0.25, 0.3) is 0 Å². The second-order valence-electron chi connectivity index (χ2n) is 4.00. The minimum absolute atomic E-state index is 0.167. The fourth-order valence-electron chi connectivity index (χ4n) is 1.66. The van der Waals surface area contributed by atoms with Crippen molar-refractivity contribution in [3.63, 3.8) is 0 Å². The molecule has 2 aromatic heterocycles. The molecule has 1 aliphatic rings. The summed E-state index contributed by atoms with van der Waals surface area (Å²) in [6.07, 6.45) is 5.48. The molecule has 0 aromatic carbocycles. The van der Waals surface area contributed by atoms with Crippen LogP contribution in [0.3, 0.4) is 0 Å². The van der Waals surface area contributed by atoms with Gasteiger partial charge in [0.2, 0.25) is 5.82 Å². The summed E-state index contributed by atoms with van der Waals surface area (Å²) in [5.74, 6) is -0.393. The summed E-state index contributed by atoms with van der Waals surface area (Å²) in [5, 5.41) is 13.0. The Morgan fingerprint density at radius 1 is 1.41 bits per heavy atom. The van der Waals surface area contributed by atoms with Gasteiger partial charge < -0.3 is 5.11 Å². The first-order chi connectivity index (χ1) is 8.24. The number of carbonyl (C=O) groups is 1. The van der Waals surface area contributed by atoms with Gasteiger partial charge in [-0.2, -0.15) is 5.10 Å². The summed E-state index contributed by atoms with van der Waals surface area (Å²) in [4.78, 5) is 19.0. The SMILES string of the molecule is O=C(O)c1nc(C2CC2)cc(-n2cccn2)n1. The molecule has 0 saturated heterocycles. The molecule has 0 radical (unpaired) electrons. The van der Waals surface area contributed by atoms with Crippen LogP contribution in [0.25, 0.3) is 5.82 Å². The summed E-state index contributed by atoms with van der Waals surface area (Å²) < 4.78 is 1.54. The van der Waals surface area contributed by atoms with E-state index in [0.29, 0.717) is 11.7 Å². The molecule has 0 unspecified atom stereocenters. The zero-order valence-corrected chi connectivity index (χ0v) is 8.95. The van der Waals surface area contributed by atoms with E-state index in [1.54, 1.807) is 29.2 Å². The van der Waals surface area contributed by atoms with Crippen LogP contribution in [-0.2, 0) is 0 Å². The third kappa shape index (κ3) is 1.89. The maximum Gasteiger partial charge on any atom is 0.374 e. The Kier molecular flexibility index (Phi) is 2.14. The summed E-state index contributed by atoms with van der Waals surface area (Å²) in [7, 11) is 0. The summed E-state index contributed by atoms with van der Waals surface area (Å²) >= 11 is 0. The molecular weight excluding hydrogens is 220 g/mol. The van der Waals surface area contributed by atoms with Crippen molar-refractivity contribution in [3.05, 3.63) is 36.0 Å². The van der Waals surface area contributed by atoms with Crippen molar-refractivity contribution in [2.45, 2.75) is 18.8 Å². The molecule has 0 spiro atoms. The fourth-order valence-corrected chi connectivity index (χ4v) is 1.66. The lowest BCUT2D eigenvalue weighted by Gasteiger charge is -2.04. The van der Waals surface area contributed by atoms with Gasteiger partial charge in [0.1, 0.15) is 0 Å². The van der Waals surface area contributed by atoms with Crippen LogP contribution in [0.2, 0.25) is 0 Å². The highest BCUT2D eigenvalue weighted by atomic mass is 16.4. The maximum absolute atomic E-state index is 11.0. The van der Waals surface area contributed by atoms with Gasteiger partial charge in [-0.3, -0.25) is 0 Å². The Morgan fingerprint density at radius 2 is 2.24 bits per heavy atom. The van der Waals surface area contributed by atoms with Crippen LogP contribution in [0.5, 0.6) is 0 Å². The standard InChI is InChI=1S/C11H10N4O2/c16-11(17)10-13-8(7-2-3-7)6-9(14-10)15-5-1-4-12-15/h1,4-7H,2-3H2,(H,16,17). The predicted octanol–water partition coefficient (Wildman–Crippen LogP) is 1.24. The molecule has 0 bridgehead atoms. The van der Waals surface area contributed by atoms with E-state index in [9.17, 15) is 4.79 Å². The van der Waals surface area contributed by atoms with Crippen LogP contribution in [-0.4, -0.2) is 30.8 Å². The Bertz CT molecular complexity index is 561. The third-order valence-corrected chi connectivity index (χ3v) is 2.66. The van der Waals surface area contributed by atoms with Gasteiger partial charge in [-0.1, -0.05) is 0 Å². The van der Waals surface area contributed by atoms with Crippen LogP contribution in [0.4, 0.5) is 0 Å². The average molecular weight is 230 g/mol. The Morgan fingerprint density at radius 3 is 2.82 bits per heavy atom. The lowest BCUT2D eigenvalue weighted by Crippen LogP contribution is -2.10. The van der Waals surface area contributed by atoms with E-state index in [0.717, 1.165) is 18.5 Å². The molecule has 2 heterocycles. The number of carboxylic acid groups (broad SMARTS) is 1. The monoisotopic (exact) mass is 230 g/mol. The quantitative estimate of drug-likeness (QED) is 0.857. The normalized spacial score (nSPS) is 14.8. The molecule has 1 saturated carbocycles. The van der Waals surface area contributed by atoms with Crippen LogP contribution in [0.15, 0.2) is 24.5 Å². The van der Waals surface area contributed by atoms with E-state index in [-0.39, 0.29) is 5.82 Å². The first-order valence-corrected chi connectivity index (χ1v) is 5.36. The van der Waals surface area contributed by atoms with Crippen molar-refractivity contribution in [3.8, 4) is 5.82 Å². The first-order valence-electron chi connectivity index (χ1n) is 5.36. The summed E-state index contributed by atoms with van der Waals surface area (Å²) in [5.41, 5.74) is 0.794. The molecule has 1 aliphatic carbocycles. The number of aromatic nitrogens is 4. The minimum atomic E-state index is -1.11. The van der Waals surface area contributed by atoms with E-state index in [1.807, 2.05) is 0 Å². The molecule has 0 aliphatic heterocycles. The number of rotatable bonds is 3. The van der Waals surface area contributed by atoms with E-state index in [1.165, 1.54) is 0 Å². The van der Waals surface area contributed by atoms with Crippen molar-refractivity contribution in [1.82, 2.24) is 19.7 Å². The largest absolute Gasteiger partial charge is 0.475 e. The fraction of sp³-hybridized carbons (Fsp3) is 0.273. The first kappa shape index (κ1) is 9.95. The maximum atomic E-state index is 11.0. The van der Waals surface area contributed by atoms with Crippen molar-refractivity contribution < 1.29 is 9.90 Å². The molecule has 17 heavy (non-hydrogen) atoms. The van der Waals surface area contributed by atoms with Gasteiger partial charge in [0.05, 0.1) is 0 Å². The van der Waals surface area contributed by atoms with Gasteiger partial charge >= 0.3 is 5.97 Å². The summed E-state index contributed by atoms with van der Waals surface area (Å²) in [6.45, 7) is 0. The highest BCUT2D eigenvalue weighted by Gasteiger charge is 2.27. The Labute approximate surface area is 96.9 Å². The highest BCUT2D eigenvalue weighted by molar-refractivity contribution is 5.83. The number of nitrogens with zero attached hydrogens (tertiary/aromatic N) is 4. The van der Waals surface area contributed by atoms with Crippen LogP contribution in [0, 0.1) is 0 Å². The van der Waals surface area contributed by atoms with Crippen LogP contribution < -0.4 is 0 Å². The average Bonchev–Trinajstić information content (AvgIpc) is 3.04. The molecule has 1 fully saturated rings. The van der Waals surface area contributed by atoms with Gasteiger partial charge in [-0.05, 0) is 18.9 Å². The van der Waals surface area contributed by atoms with Gasteiger partial charge in [-0.25, -0.2) is 19.4 Å². The van der Waals surface area contributed by atoms with Crippen molar-refractivity contribution in [2.24, 2.45) is 0 Å². The van der Waals surface area contributed by atoms with Gasteiger partial charge in [0, 0.05) is 30.1 Å². The van der Waals surface area contributed by atoms with Crippen molar-refractivity contribution in [2.75, 3.05) is 0 Å². The molecular formula is C11H10N4O2. The zero-order valence-electron chi connectivity index (χ0n) is 8.95. The third-order valence-electron chi connectivity index (χ3n) is 2.66. The van der Waals surface area contributed by atoms with Crippen LogP contribution in [0.1, 0.15) is 35.1 Å². The van der Waals surface area contributed by atoms with Crippen molar-refractivity contribution in [1.29, 1.82) is 0 Å². The number of carboxylic acids is 1. The number of hydrogen-bond donors (Lipinski definition) is 1. The van der Waals surface area contributed by atoms with Gasteiger partial charge in [0.15, 0.2) is 5.82 Å². The minimum Gasteiger partial charge on any atom is -0.475 e. The number of aromatic carboxylic acids is 1. The van der Waals surface area contributed by atoms with Crippen molar-refractivity contribution >= 4 is 5.97 Å². The lowest BCUT2D eigenvalue weighted by atomic mass is 10.2. The number of hydrogen-bond acceptors (Lipinski definition) is 4. The van der Waals surface area contributed by atoms with E-state index >= 15 is 0 Å². The second kappa shape index (κ2) is 3.65. The van der Waals surface area contributed by atoms with E-state index in [4.69, 9.17) is 5.11 Å². The Hall–Kier alpha value is -2.24. The highest BCUT2D eigenvalue weighted by Crippen LogP contribution is 2.39. The molecule has 86 valence electrons. The molecule has 6 heteroatoms. The molecule has 6 nitrogen and oxygen atoms in total. The lowest BCUT2D eigenvalue weighted by molar-refractivity contribution is 0.0683.